The maximum Gasteiger partial charge on any atom is 0.573 e. The minimum absolute atomic E-state index is 0.149. The minimum Gasteiger partial charge on any atom is -0.405 e. The third-order valence-corrected chi connectivity index (χ3v) is 3.70. The van der Waals surface area contributed by atoms with Crippen molar-refractivity contribution in [2.75, 3.05) is 5.32 Å². The Morgan fingerprint density at radius 3 is 2.32 bits per heavy atom. The maximum atomic E-state index is 12.5. The van der Waals surface area contributed by atoms with Gasteiger partial charge >= 0.3 is 6.36 Å². The van der Waals surface area contributed by atoms with Crippen molar-refractivity contribution in [3.63, 3.8) is 0 Å². The van der Waals surface area contributed by atoms with Crippen LogP contribution in [0, 0.1) is 5.41 Å². The van der Waals surface area contributed by atoms with Crippen molar-refractivity contribution in [3.8, 4) is 5.75 Å². The van der Waals surface area contributed by atoms with Crippen LogP contribution in [-0.2, 0) is 11.3 Å². The van der Waals surface area contributed by atoms with Crippen molar-refractivity contribution >= 4 is 17.5 Å². The molecule has 2 rings (SSSR count). The van der Waals surface area contributed by atoms with Crippen molar-refractivity contribution in [1.82, 2.24) is 5.32 Å². The number of alkyl halides is 3. The monoisotopic (exact) mass is 394 g/mol. The van der Waals surface area contributed by atoms with Crippen LogP contribution in [0.4, 0.5) is 18.9 Å². The number of hydrogen-bond donors (Lipinski definition) is 2. The smallest absolute Gasteiger partial charge is 0.405 e. The summed E-state index contributed by atoms with van der Waals surface area (Å²) in [6, 6.07) is 11.9. The Bertz CT molecular complexity index is 858. The van der Waals surface area contributed by atoms with Crippen molar-refractivity contribution < 1.29 is 27.5 Å². The van der Waals surface area contributed by atoms with Gasteiger partial charge in [0.05, 0.1) is 0 Å². The number of anilines is 1. The van der Waals surface area contributed by atoms with Crippen LogP contribution >= 0.6 is 0 Å². The highest BCUT2D eigenvalue weighted by molar-refractivity contribution is 5.98. The second-order valence-corrected chi connectivity index (χ2v) is 7.12. The van der Waals surface area contributed by atoms with Gasteiger partial charge in [0, 0.05) is 28.8 Å². The standard InChI is InChI=1S/C20H21F3N2O3/c1-19(2,3)18(27)25-15-9-6-8-13(11-15)17(26)24-12-14-7-4-5-10-16(14)28-20(21,22)23/h4-11H,12H2,1-3H3,(H,24,26)(H,25,27). The van der Waals surface area contributed by atoms with Gasteiger partial charge in [-0.25, -0.2) is 0 Å². The molecule has 0 saturated carbocycles. The molecule has 0 aliphatic carbocycles. The number of hydrogen-bond acceptors (Lipinski definition) is 3. The number of rotatable bonds is 5. The molecule has 0 atom stereocenters. The normalized spacial score (nSPS) is 11.6. The summed E-state index contributed by atoms with van der Waals surface area (Å²) in [5, 5.41) is 5.28. The van der Waals surface area contributed by atoms with Crippen molar-refractivity contribution in [2.45, 2.75) is 33.7 Å². The van der Waals surface area contributed by atoms with E-state index in [1.165, 1.54) is 24.3 Å². The Labute approximate surface area is 160 Å². The zero-order chi connectivity index (χ0) is 20.9. The molecule has 2 amide bonds. The van der Waals surface area contributed by atoms with Crippen LogP contribution in [0.5, 0.6) is 5.75 Å². The van der Waals surface area contributed by atoms with E-state index < -0.39 is 17.7 Å². The summed E-state index contributed by atoms with van der Waals surface area (Å²) >= 11 is 0. The van der Waals surface area contributed by atoms with E-state index >= 15 is 0 Å². The SMILES string of the molecule is CC(C)(C)C(=O)Nc1cccc(C(=O)NCc2ccccc2OC(F)(F)F)c1. The molecule has 8 heteroatoms. The number of nitrogens with one attached hydrogen (secondary N) is 2. The predicted molar refractivity (Wildman–Crippen MR) is 98.8 cm³/mol. The van der Waals surface area contributed by atoms with Gasteiger partial charge in [-0.3, -0.25) is 9.59 Å². The van der Waals surface area contributed by atoms with E-state index in [0.717, 1.165) is 0 Å². The van der Waals surface area contributed by atoms with Gasteiger partial charge in [0.15, 0.2) is 0 Å². The topological polar surface area (TPSA) is 67.4 Å². The first-order valence-corrected chi connectivity index (χ1v) is 8.49. The summed E-state index contributed by atoms with van der Waals surface area (Å²) in [5.74, 6) is -1.07. The molecule has 0 saturated heterocycles. The lowest BCUT2D eigenvalue weighted by atomic mass is 9.95. The van der Waals surface area contributed by atoms with Gasteiger partial charge in [-0.05, 0) is 24.3 Å². The predicted octanol–water partition coefficient (Wildman–Crippen LogP) is 4.50. The van der Waals surface area contributed by atoms with E-state index in [-0.39, 0.29) is 29.3 Å². The molecule has 0 bridgehead atoms. The quantitative estimate of drug-likeness (QED) is 0.785. The first-order chi connectivity index (χ1) is 13.0. The Balaban J connectivity index is 2.07. The Morgan fingerprint density at radius 1 is 1.00 bits per heavy atom. The fraction of sp³-hybridized carbons (Fsp3) is 0.300. The summed E-state index contributed by atoms with van der Waals surface area (Å²) in [6.07, 6.45) is -4.82. The third kappa shape index (κ3) is 6.29. The summed E-state index contributed by atoms with van der Waals surface area (Å²) < 4.78 is 41.4. The Morgan fingerprint density at radius 2 is 1.68 bits per heavy atom. The Hall–Kier alpha value is -3.03. The van der Waals surface area contributed by atoms with Crippen LogP contribution in [0.15, 0.2) is 48.5 Å². The second kappa shape index (κ2) is 8.33. The lowest BCUT2D eigenvalue weighted by Gasteiger charge is -2.18. The van der Waals surface area contributed by atoms with Gasteiger partial charge in [-0.15, -0.1) is 13.2 Å². The molecule has 28 heavy (non-hydrogen) atoms. The third-order valence-electron chi connectivity index (χ3n) is 3.70. The molecule has 2 N–H and O–H groups in total. The number of halogens is 3. The fourth-order valence-corrected chi connectivity index (χ4v) is 2.21. The van der Waals surface area contributed by atoms with E-state index in [4.69, 9.17) is 0 Å². The number of para-hydroxylation sites is 1. The average Bonchev–Trinajstić information content (AvgIpc) is 2.59. The van der Waals surface area contributed by atoms with Crippen molar-refractivity contribution in [2.24, 2.45) is 5.41 Å². The van der Waals surface area contributed by atoms with E-state index in [1.54, 1.807) is 45.0 Å². The molecule has 0 aromatic heterocycles. The molecule has 150 valence electrons. The van der Waals surface area contributed by atoms with E-state index in [2.05, 4.69) is 15.4 Å². The molecular formula is C20H21F3N2O3. The van der Waals surface area contributed by atoms with Gasteiger partial charge in [-0.1, -0.05) is 45.0 Å². The van der Waals surface area contributed by atoms with E-state index in [0.29, 0.717) is 5.69 Å². The number of amides is 2. The minimum atomic E-state index is -4.82. The molecule has 0 aliphatic heterocycles. The van der Waals surface area contributed by atoms with E-state index in [1.807, 2.05) is 0 Å². The molecule has 2 aromatic carbocycles. The fourth-order valence-electron chi connectivity index (χ4n) is 2.21. The number of benzene rings is 2. The lowest BCUT2D eigenvalue weighted by Crippen LogP contribution is -2.28. The largest absolute Gasteiger partial charge is 0.573 e. The van der Waals surface area contributed by atoms with Crippen molar-refractivity contribution in [3.05, 3.63) is 59.7 Å². The molecule has 2 aromatic rings. The first kappa shape index (κ1) is 21.3. The molecule has 0 spiro atoms. The summed E-state index contributed by atoms with van der Waals surface area (Å²) in [6.45, 7) is 5.14. The summed E-state index contributed by atoms with van der Waals surface area (Å²) in [4.78, 5) is 24.4. The summed E-state index contributed by atoms with van der Waals surface area (Å²) in [7, 11) is 0. The highest BCUT2D eigenvalue weighted by Gasteiger charge is 2.32. The van der Waals surface area contributed by atoms with Gasteiger partial charge in [0.1, 0.15) is 5.75 Å². The van der Waals surface area contributed by atoms with Gasteiger partial charge in [0.2, 0.25) is 5.91 Å². The zero-order valence-corrected chi connectivity index (χ0v) is 15.7. The molecule has 0 heterocycles. The molecule has 0 aliphatic rings. The Kier molecular flexibility index (Phi) is 6.33. The molecule has 5 nitrogen and oxygen atoms in total. The second-order valence-electron chi connectivity index (χ2n) is 7.12. The van der Waals surface area contributed by atoms with E-state index in [9.17, 15) is 22.8 Å². The highest BCUT2D eigenvalue weighted by atomic mass is 19.4. The molecule has 0 fully saturated rings. The summed E-state index contributed by atoms with van der Waals surface area (Å²) in [5.41, 5.74) is 0.306. The van der Waals surface area contributed by atoms with Crippen LogP contribution in [0.1, 0.15) is 36.7 Å². The maximum absolute atomic E-state index is 12.5. The van der Waals surface area contributed by atoms with Crippen LogP contribution < -0.4 is 15.4 Å². The zero-order valence-electron chi connectivity index (χ0n) is 15.7. The van der Waals surface area contributed by atoms with Gasteiger partial charge in [-0.2, -0.15) is 0 Å². The van der Waals surface area contributed by atoms with Crippen LogP contribution in [0.2, 0.25) is 0 Å². The lowest BCUT2D eigenvalue weighted by molar-refractivity contribution is -0.274. The molecule has 0 radical (unpaired) electrons. The number of ether oxygens (including phenoxy) is 1. The van der Waals surface area contributed by atoms with Crippen molar-refractivity contribution in [1.29, 1.82) is 0 Å². The average molecular weight is 394 g/mol. The van der Waals surface area contributed by atoms with Gasteiger partial charge < -0.3 is 15.4 Å². The number of carbonyl (C=O) groups excluding carboxylic acids is 2. The van der Waals surface area contributed by atoms with Crippen LogP contribution in [0.3, 0.4) is 0 Å². The first-order valence-electron chi connectivity index (χ1n) is 8.49. The van der Waals surface area contributed by atoms with Crippen LogP contribution in [0.25, 0.3) is 0 Å². The number of carbonyl (C=O) groups is 2. The molecule has 0 unspecified atom stereocenters. The highest BCUT2D eigenvalue weighted by Crippen LogP contribution is 2.26. The van der Waals surface area contributed by atoms with Gasteiger partial charge in [0.25, 0.3) is 5.91 Å². The molecular weight excluding hydrogens is 373 g/mol. The van der Waals surface area contributed by atoms with Crippen LogP contribution in [-0.4, -0.2) is 18.2 Å².